The maximum absolute atomic E-state index is 13.6. The van der Waals surface area contributed by atoms with Gasteiger partial charge in [-0.2, -0.15) is 0 Å². The molecule has 0 bridgehead atoms. The van der Waals surface area contributed by atoms with Crippen LogP contribution in [-0.4, -0.2) is 43.3 Å². The zero-order chi connectivity index (χ0) is 24.1. The van der Waals surface area contributed by atoms with Crippen LogP contribution in [-0.2, 0) is 0 Å². The van der Waals surface area contributed by atoms with Crippen LogP contribution >= 0.6 is 11.8 Å². The maximum Gasteiger partial charge on any atom is 0.223 e. The number of benzene rings is 2. The van der Waals surface area contributed by atoms with Crippen molar-refractivity contribution < 1.29 is 28.6 Å². The van der Waals surface area contributed by atoms with Crippen molar-refractivity contribution in [2.24, 2.45) is 0 Å². The second-order valence-corrected chi connectivity index (χ2v) is 8.80. The van der Waals surface area contributed by atoms with Crippen molar-refractivity contribution in [3.8, 4) is 17.2 Å². The summed E-state index contributed by atoms with van der Waals surface area (Å²) in [7, 11) is 4.39. The number of allylic oxidation sites excluding steroid dienone is 3. The molecule has 172 valence electrons. The lowest BCUT2D eigenvalue weighted by Crippen LogP contribution is -2.25. The van der Waals surface area contributed by atoms with Gasteiger partial charge in [0, 0.05) is 10.8 Å². The topological polar surface area (TPSA) is 78.9 Å². The second-order valence-electron chi connectivity index (χ2n) is 7.62. The molecule has 0 radical (unpaired) electrons. The molecule has 6 nitrogen and oxygen atoms in total. The average molecular weight is 467 g/mol. The fraction of sp³-hybridized carbons (Fsp3) is 0.269. The molecule has 1 aliphatic carbocycles. The van der Waals surface area contributed by atoms with Crippen molar-refractivity contribution in [3.63, 3.8) is 0 Å². The number of hydrogen-bond donors (Lipinski definition) is 0. The van der Waals surface area contributed by atoms with Gasteiger partial charge in [-0.3, -0.25) is 14.4 Å². The van der Waals surface area contributed by atoms with E-state index in [0.29, 0.717) is 23.5 Å². The summed E-state index contributed by atoms with van der Waals surface area (Å²) in [6.07, 6.45) is 3.67. The molecular formula is C26H26O6S. The third-order valence-electron chi connectivity index (χ3n) is 5.25. The Labute approximate surface area is 197 Å². The first-order valence-electron chi connectivity index (χ1n) is 10.3. The summed E-state index contributed by atoms with van der Waals surface area (Å²) < 4.78 is 16.0. The molecule has 0 N–H and O–H groups in total. The van der Waals surface area contributed by atoms with Crippen LogP contribution in [0.3, 0.4) is 0 Å². The van der Waals surface area contributed by atoms with Crippen LogP contribution in [0.5, 0.6) is 17.2 Å². The van der Waals surface area contributed by atoms with Crippen molar-refractivity contribution in [3.05, 3.63) is 76.4 Å². The van der Waals surface area contributed by atoms with Crippen molar-refractivity contribution in [2.45, 2.75) is 25.5 Å². The molecule has 1 unspecified atom stereocenters. The van der Waals surface area contributed by atoms with Crippen LogP contribution in [0, 0.1) is 0 Å². The van der Waals surface area contributed by atoms with Gasteiger partial charge in [-0.05, 0) is 50.6 Å². The Morgan fingerprint density at radius 3 is 2.12 bits per heavy atom. The van der Waals surface area contributed by atoms with Crippen molar-refractivity contribution in [1.82, 2.24) is 0 Å². The van der Waals surface area contributed by atoms with Crippen molar-refractivity contribution in [1.29, 1.82) is 0 Å². The number of Topliss-reactive ketones (excluding diaryl/α,β-unsaturated/α-hetero) is 1. The molecule has 33 heavy (non-hydrogen) atoms. The van der Waals surface area contributed by atoms with Gasteiger partial charge in [0.15, 0.2) is 11.6 Å². The number of hydrogen-bond acceptors (Lipinski definition) is 7. The highest BCUT2D eigenvalue weighted by Gasteiger charge is 2.36. The van der Waals surface area contributed by atoms with Crippen LogP contribution in [0.4, 0.5) is 0 Å². The van der Waals surface area contributed by atoms with E-state index < -0.39 is 5.25 Å². The van der Waals surface area contributed by atoms with Crippen LogP contribution in [0.1, 0.15) is 51.3 Å². The molecule has 1 aliphatic rings. The predicted octanol–water partition coefficient (Wildman–Crippen LogP) is 5.32. The second kappa shape index (κ2) is 10.5. The normalized spacial score (nSPS) is 13.5. The Bertz CT molecular complexity index is 1160. The zero-order valence-electron chi connectivity index (χ0n) is 19.3. The van der Waals surface area contributed by atoms with Crippen LogP contribution in [0.25, 0.3) is 0 Å². The summed E-state index contributed by atoms with van der Waals surface area (Å²) in [5.74, 6) is 0.332. The quantitative estimate of drug-likeness (QED) is 0.488. The molecular weight excluding hydrogens is 440 g/mol. The number of carbonyl (C=O) groups is 3. The van der Waals surface area contributed by atoms with E-state index in [1.165, 1.54) is 27.4 Å². The molecule has 2 aromatic carbocycles. The van der Waals surface area contributed by atoms with E-state index in [-0.39, 0.29) is 39.1 Å². The summed E-state index contributed by atoms with van der Waals surface area (Å²) in [5, 5.41) is -0.818. The monoisotopic (exact) mass is 466 g/mol. The SMILES string of the molecule is COc1ccccc1C(=O)SC(CC=C(C)C)C1=CC(=O)c2c(OC)ccc(OC)c2C1=O. The van der Waals surface area contributed by atoms with Crippen LogP contribution in [0.2, 0.25) is 0 Å². The Hall–Kier alpha value is -3.32. The minimum absolute atomic E-state index is 0.159. The molecule has 0 amide bonds. The molecule has 0 saturated carbocycles. The average Bonchev–Trinajstić information content (AvgIpc) is 2.82. The molecule has 0 saturated heterocycles. The summed E-state index contributed by atoms with van der Waals surface area (Å²) in [4.78, 5) is 39.9. The number of carbonyl (C=O) groups excluding carboxylic acids is 3. The van der Waals surface area contributed by atoms with Gasteiger partial charge in [-0.25, -0.2) is 0 Å². The van der Waals surface area contributed by atoms with Gasteiger partial charge in [0.1, 0.15) is 17.2 Å². The molecule has 0 fully saturated rings. The van der Waals surface area contributed by atoms with E-state index in [4.69, 9.17) is 14.2 Å². The summed E-state index contributed by atoms with van der Waals surface area (Å²) in [5.41, 5.74) is 2.03. The third kappa shape index (κ3) is 5.03. The smallest absolute Gasteiger partial charge is 0.223 e. The Morgan fingerprint density at radius 2 is 1.52 bits per heavy atom. The molecule has 0 aromatic heterocycles. The highest BCUT2D eigenvalue weighted by atomic mass is 32.2. The first-order chi connectivity index (χ1) is 15.8. The van der Waals surface area contributed by atoms with Gasteiger partial charge in [0.25, 0.3) is 0 Å². The first kappa shape index (κ1) is 24.3. The molecule has 2 aromatic rings. The summed E-state index contributed by atoms with van der Waals surface area (Å²) in [6.45, 7) is 3.88. The summed E-state index contributed by atoms with van der Waals surface area (Å²) >= 11 is 1.00. The highest BCUT2D eigenvalue weighted by molar-refractivity contribution is 8.14. The van der Waals surface area contributed by atoms with Gasteiger partial charge < -0.3 is 14.2 Å². The maximum atomic E-state index is 13.6. The molecule has 3 rings (SSSR count). The van der Waals surface area contributed by atoms with Gasteiger partial charge in [-0.1, -0.05) is 35.5 Å². The Morgan fingerprint density at radius 1 is 0.909 bits per heavy atom. The number of ether oxygens (including phenoxy) is 3. The fourth-order valence-corrected chi connectivity index (χ4v) is 4.67. The van der Waals surface area contributed by atoms with Crippen LogP contribution in [0.15, 0.2) is 59.7 Å². The predicted molar refractivity (Wildman–Crippen MR) is 129 cm³/mol. The van der Waals surface area contributed by atoms with E-state index >= 15 is 0 Å². The van der Waals surface area contributed by atoms with E-state index in [0.717, 1.165) is 17.3 Å². The third-order valence-corrected chi connectivity index (χ3v) is 6.42. The molecule has 0 spiro atoms. The summed E-state index contributed by atoms with van der Waals surface area (Å²) in [6, 6.07) is 10.1. The van der Waals surface area contributed by atoms with Gasteiger partial charge in [0.2, 0.25) is 5.12 Å². The van der Waals surface area contributed by atoms with E-state index in [1.54, 1.807) is 36.4 Å². The lowest BCUT2D eigenvalue weighted by molar-refractivity contribution is 0.0977. The first-order valence-corrected chi connectivity index (χ1v) is 11.2. The highest BCUT2D eigenvalue weighted by Crippen LogP contribution is 2.40. The largest absolute Gasteiger partial charge is 0.496 e. The zero-order valence-corrected chi connectivity index (χ0v) is 20.1. The van der Waals surface area contributed by atoms with Crippen molar-refractivity contribution >= 4 is 28.4 Å². The van der Waals surface area contributed by atoms with E-state index in [9.17, 15) is 14.4 Å². The fourth-order valence-electron chi connectivity index (χ4n) is 3.62. The van der Waals surface area contributed by atoms with Crippen molar-refractivity contribution in [2.75, 3.05) is 21.3 Å². The van der Waals surface area contributed by atoms with E-state index in [2.05, 4.69) is 0 Å². The number of ketones is 2. The number of para-hydroxylation sites is 1. The molecule has 7 heteroatoms. The van der Waals surface area contributed by atoms with Gasteiger partial charge >= 0.3 is 0 Å². The number of fused-ring (bicyclic) bond motifs is 1. The van der Waals surface area contributed by atoms with Gasteiger partial charge in [0.05, 0.1) is 38.0 Å². The lowest BCUT2D eigenvalue weighted by atomic mass is 9.86. The standard InChI is InChI=1S/C26H26O6S/c1-15(2)10-13-22(33-26(29)16-8-6-7-9-19(16)30-3)17-14-18(27)23-20(31-4)11-12-21(32-5)24(23)25(17)28/h6-12,14,22H,13H2,1-5H3. The minimum atomic E-state index is -0.571. The Kier molecular flexibility index (Phi) is 7.76. The molecule has 0 heterocycles. The molecule has 0 aliphatic heterocycles. The van der Waals surface area contributed by atoms with E-state index in [1.807, 2.05) is 19.9 Å². The lowest BCUT2D eigenvalue weighted by Gasteiger charge is -2.24. The van der Waals surface area contributed by atoms with Crippen LogP contribution < -0.4 is 14.2 Å². The molecule has 1 atom stereocenters. The van der Waals surface area contributed by atoms with Gasteiger partial charge in [-0.15, -0.1) is 0 Å². The Balaban J connectivity index is 2.06. The number of rotatable bonds is 8. The number of methoxy groups -OCH3 is 3. The minimum Gasteiger partial charge on any atom is -0.496 e. The number of thioether (sulfide) groups is 1.